The van der Waals surface area contributed by atoms with Crippen LogP contribution in [0.25, 0.3) is 0 Å². The minimum Gasteiger partial charge on any atom is -0.326 e. The number of carbonyl (C=O) groups is 1. The molecule has 1 aromatic rings. The van der Waals surface area contributed by atoms with Gasteiger partial charge in [0.25, 0.3) is 0 Å². The summed E-state index contributed by atoms with van der Waals surface area (Å²) in [5, 5.41) is 6.08. The van der Waals surface area contributed by atoms with Gasteiger partial charge in [0.15, 0.2) is 0 Å². The maximum atomic E-state index is 11.9. The van der Waals surface area contributed by atoms with Gasteiger partial charge >= 0.3 is 0 Å². The van der Waals surface area contributed by atoms with E-state index in [-0.39, 0.29) is 18.3 Å². The molecule has 112 valence electrons. The number of carbonyl (C=O) groups excluding carboxylic acids is 1. The zero-order chi connectivity index (χ0) is 13.5. The van der Waals surface area contributed by atoms with Crippen molar-refractivity contribution in [2.24, 2.45) is 5.92 Å². The second-order valence-electron chi connectivity index (χ2n) is 5.46. The maximum Gasteiger partial charge on any atom is 0.224 e. The molecule has 1 amide bonds. The van der Waals surface area contributed by atoms with Crippen LogP contribution in [0.15, 0.2) is 24.3 Å². The number of benzene rings is 1. The molecule has 0 heterocycles. The monoisotopic (exact) mass is 296 g/mol. The molecular formula is C16H25ClN2O. The van der Waals surface area contributed by atoms with Gasteiger partial charge in [-0.1, -0.05) is 37.8 Å². The Kier molecular flexibility index (Phi) is 7.63. The van der Waals surface area contributed by atoms with Crippen molar-refractivity contribution in [3.8, 4) is 0 Å². The van der Waals surface area contributed by atoms with Gasteiger partial charge in [-0.25, -0.2) is 0 Å². The molecule has 0 atom stereocenters. The predicted molar refractivity (Wildman–Crippen MR) is 86.3 cm³/mol. The fourth-order valence-corrected chi connectivity index (χ4v) is 2.77. The second-order valence-corrected chi connectivity index (χ2v) is 5.46. The highest BCUT2D eigenvalue weighted by atomic mass is 35.5. The summed E-state index contributed by atoms with van der Waals surface area (Å²) in [6.07, 6.45) is 7.02. The molecule has 1 aliphatic rings. The second kappa shape index (κ2) is 8.98. The molecule has 1 fully saturated rings. The summed E-state index contributed by atoms with van der Waals surface area (Å²) >= 11 is 0. The fourth-order valence-electron chi connectivity index (χ4n) is 2.77. The Morgan fingerprint density at radius 1 is 1.20 bits per heavy atom. The van der Waals surface area contributed by atoms with Gasteiger partial charge < -0.3 is 10.6 Å². The molecule has 1 aliphatic carbocycles. The summed E-state index contributed by atoms with van der Waals surface area (Å²) in [5.74, 6) is 0.928. The summed E-state index contributed by atoms with van der Waals surface area (Å²) in [6.45, 7) is 0.857. The molecule has 3 nitrogen and oxygen atoms in total. The van der Waals surface area contributed by atoms with Gasteiger partial charge in [0, 0.05) is 18.7 Å². The Labute approximate surface area is 127 Å². The van der Waals surface area contributed by atoms with Gasteiger partial charge in [0.05, 0.1) is 0 Å². The first-order valence-electron chi connectivity index (χ1n) is 7.31. The Balaban J connectivity index is 0.00000200. The van der Waals surface area contributed by atoms with Crippen molar-refractivity contribution in [1.29, 1.82) is 0 Å². The smallest absolute Gasteiger partial charge is 0.224 e. The lowest BCUT2D eigenvalue weighted by atomic mass is 10.0. The van der Waals surface area contributed by atoms with Crippen molar-refractivity contribution in [2.45, 2.75) is 45.1 Å². The van der Waals surface area contributed by atoms with Gasteiger partial charge in [-0.05, 0) is 37.1 Å². The number of rotatable bonds is 6. The Bertz CT molecular complexity index is 399. The van der Waals surface area contributed by atoms with Crippen LogP contribution in [0.2, 0.25) is 0 Å². The summed E-state index contributed by atoms with van der Waals surface area (Å²) < 4.78 is 0. The van der Waals surface area contributed by atoms with Crippen molar-refractivity contribution in [1.82, 2.24) is 5.32 Å². The van der Waals surface area contributed by atoms with Crippen LogP contribution in [-0.4, -0.2) is 13.0 Å². The third-order valence-corrected chi connectivity index (χ3v) is 3.87. The van der Waals surface area contributed by atoms with Gasteiger partial charge in [-0.3, -0.25) is 4.79 Å². The zero-order valence-corrected chi connectivity index (χ0v) is 13.0. The SMILES string of the molecule is CNCc1ccc(NC(=O)CCC2CCCC2)cc1.Cl. The van der Waals surface area contributed by atoms with Crippen LogP contribution in [0.3, 0.4) is 0 Å². The number of hydrogen-bond acceptors (Lipinski definition) is 2. The quantitative estimate of drug-likeness (QED) is 0.840. The van der Waals surface area contributed by atoms with E-state index in [2.05, 4.69) is 10.6 Å². The van der Waals surface area contributed by atoms with Gasteiger partial charge in [-0.15, -0.1) is 12.4 Å². The van der Waals surface area contributed by atoms with Gasteiger partial charge in [-0.2, -0.15) is 0 Å². The van der Waals surface area contributed by atoms with E-state index in [1.165, 1.54) is 31.2 Å². The molecule has 0 unspecified atom stereocenters. The van der Waals surface area contributed by atoms with Crippen molar-refractivity contribution in [3.63, 3.8) is 0 Å². The molecule has 0 aromatic heterocycles. The lowest BCUT2D eigenvalue weighted by Gasteiger charge is -2.09. The molecule has 2 rings (SSSR count). The summed E-state index contributed by atoms with van der Waals surface area (Å²) in [7, 11) is 1.93. The zero-order valence-electron chi connectivity index (χ0n) is 12.2. The van der Waals surface area contributed by atoms with E-state index in [0.29, 0.717) is 6.42 Å². The third kappa shape index (κ3) is 5.51. The van der Waals surface area contributed by atoms with Crippen LogP contribution >= 0.6 is 12.4 Å². The van der Waals surface area contributed by atoms with Crippen molar-refractivity contribution < 1.29 is 4.79 Å². The molecular weight excluding hydrogens is 272 g/mol. The lowest BCUT2D eigenvalue weighted by Crippen LogP contribution is -2.13. The molecule has 0 aliphatic heterocycles. The highest BCUT2D eigenvalue weighted by Crippen LogP contribution is 2.28. The average molecular weight is 297 g/mol. The topological polar surface area (TPSA) is 41.1 Å². The molecule has 4 heteroatoms. The van der Waals surface area contributed by atoms with E-state index in [1.54, 1.807) is 0 Å². The maximum absolute atomic E-state index is 11.9. The summed E-state index contributed by atoms with van der Waals surface area (Å²) in [5.41, 5.74) is 2.13. The minimum absolute atomic E-state index is 0. The van der Waals surface area contributed by atoms with Gasteiger partial charge in [0.2, 0.25) is 5.91 Å². The molecule has 0 saturated heterocycles. The lowest BCUT2D eigenvalue weighted by molar-refractivity contribution is -0.116. The van der Waals surface area contributed by atoms with E-state index >= 15 is 0 Å². The fraction of sp³-hybridized carbons (Fsp3) is 0.562. The third-order valence-electron chi connectivity index (χ3n) is 3.87. The summed E-state index contributed by atoms with van der Waals surface area (Å²) in [4.78, 5) is 11.9. The number of nitrogens with one attached hydrogen (secondary N) is 2. The standard InChI is InChI=1S/C16H24N2O.ClH/c1-17-12-14-6-9-15(10-7-14)18-16(19)11-8-13-4-2-3-5-13;/h6-7,9-10,13,17H,2-5,8,11-12H2,1H3,(H,18,19);1H. The number of anilines is 1. The minimum atomic E-state index is 0. The van der Waals surface area contributed by atoms with Crippen molar-refractivity contribution in [3.05, 3.63) is 29.8 Å². The first-order chi connectivity index (χ1) is 9.28. The van der Waals surface area contributed by atoms with Crippen LogP contribution in [0.4, 0.5) is 5.69 Å². The van der Waals surface area contributed by atoms with Crippen LogP contribution in [-0.2, 0) is 11.3 Å². The first-order valence-corrected chi connectivity index (χ1v) is 7.31. The average Bonchev–Trinajstić information content (AvgIpc) is 2.92. The van der Waals surface area contributed by atoms with E-state index in [9.17, 15) is 4.79 Å². The van der Waals surface area contributed by atoms with E-state index in [0.717, 1.165) is 24.6 Å². The van der Waals surface area contributed by atoms with Crippen molar-refractivity contribution in [2.75, 3.05) is 12.4 Å². The molecule has 1 aromatic carbocycles. The molecule has 1 saturated carbocycles. The molecule has 2 N–H and O–H groups in total. The Morgan fingerprint density at radius 3 is 2.45 bits per heavy atom. The largest absolute Gasteiger partial charge is 0.326 e. The number of hydrogen-bond donors (Lipinski definition) is 2. The summed E-state index contributed by atoms with van der Waals surface area (Å²) in [6, 6.07) is 8.03. The highest BCUT2D eigenvalue weighted by Gasteiger charge is 2.16. The predicted octanol–water partition coefficient (Wildman–Crippen LogP) is 3.74. The normalized spacial score (nSPS) is 14.8. The van der Waals surface area contributed by atoms with Gasteiger partial charge in [0.1, 0.15) is 0 Å². The van der Waals surface area contributed by atoms with Crippen LogP contribution in [0.5, 0.6) is 0 Å². The van der Waals surface area contributed by atoms with E-state index in [1.807, 2.05) is 31.3 Å². The van der Waals surface area contributed by atoms with Crippen LogP contribution in [0.1, 0.15) is 44.1 Å². The van der Waals surface area contributed by atoms with E-state index in [4.69, 9.17) is 0 Å². The first kappa shape index (κ1) is 17.0. The Morgan fingerprint density at radius 2 is 1.85 bits per heavy atom. The van der Waals surface area contributed by atoms with Crippen molar-refractivity contribution >= 4 is 24.0 Å². The number of amides is 1. The molecule has 0 spiro atoms. The van der Waals surface area contributed by atoms with Crippen LogP contribution < -0.4 is 10.6 Å². The molecule has 20 heavy (non-hydrogen) atoms. The Hall–Kier alpha value is -1.06. The molecule has 0 radical (unpaired) electrons. The highest BCUT2D eigenvalue weighted by molar-refractivity contribution is 5.90. The number of halogens is 1. The van der Waals surface area contributed by atoms with Crippen LogP contribution in [0, 0.1) is 5.92 Å². The van der Waals surface area contributed by atoms with E-state index < -0.39 is 0 Å². The molecule has 0 bridgehead atoms.